The van der Waals surface area contributed by atoms with Gasteiger partial charge in [-0.05, 0) is 36.9 Å². The summed E-state index contributed by atoms with van der Waals surface area (Å²) in [5, 5.41) is 4.89. The van der Waals surface area contributed by atoms with Crippen molar-refractivity contribution in [3.63, 3.8) is 0 Å². The molecule has 0 unspecified atom stereocenters. The van der Waals surface area contributed by atoms with Crippen LogP contribution in [0.2, 0.25) is 0 Å². The van der Waals surface area contributed by atoms with Crippen LogP contribution in [0.1, 0.15) is 11.6 Å². The number of piperazine rings is 1. The van der Waals surface area contributed by atoms with Gasteiger partial charge in [-0.15, -0.1) is 0 Å². The predicted molar refractivity (Wildman–Crippen MR) is 106 cm³/mol. The maximum Gasteiger partial charge on any atom is 0.313 e. The van der Waals surface area contributed by atoms with Gasteiger partial charge in [0.15, 0.2) is 0 Å². The van der Waals surface area contributed by atoms with E-state index in [-0.39, 0.29) is 24.1 Å². The first kappa shape index (κ1) is 20.9. The van der Waals surface area contributed by atoms with Gasteiger partial charge in [-0.25, -0.2) is 8.78 Å². The third-order valence-electron chi connectivity index (χ3n) is 5.02. The van der Waals surface area contributed by atoms with Crippen LogP contribution < -0.4 is 10.6 Å². The lowest BCUT2D eigenvalue weighted by Gasteiger charge is -2.38. The standard InChI is InChI=1S/C21H24F2N4O2/c1-26-10-12-27(13-11-26)19(15-6-8-16(22)9-7-15)14-24-20(28)21(29)25-18-5-3-2-4-17(18)23/h2-9,19H,10-14H2,1H3,(H,24,28)(H,25,29)/t19-/m1/s1. The summed E-state index contributed by atoms with van der Waals surface area (Å²) in [5.74, 6) is -2.74. The first-order valence-electron chi connectivity index (χ1n) is 9.46. The van der Waals surface area contributed by atoms with Gasteiger partial charge in [0, 0.05) is 32.7 Å². The molecule has 1 heterocycles. The number of carbonyl (C=O) groups excluding carboxylic acids is 2. The van der Waals surface area contributed by atoms with E-state index in [2.05, 4.69) is 20.4 Å². The number of anilines is 1. The molecular formula is C21H24F2N4O2. The Morgan fingerprint density at radius 2 is 1.62 bits per heavy atom. The fourth-order valence-corrected chi connectivity index (χ4v) is 3.29. The largest absolute Gasteiger partial charge is 0.346 e. The highest BCUT2D eigenvalue weighted by atomic mass is 19.1. The second-order valence-electron chi connectivity index (χ2n) is 7.05. The number of carbonyl (C=O) groups is 2. The van der Waals surface area contributed by atoms with Crippen molar-refractivity contribution in [1.29, 1.82) is 0 Å². The third kappa shape index (κ3) is 5.58. The van der Waals surface area contributed by atoms with Crippen molar-refractivity contribution in [1.82, 2.24) is 15.1 Å². The van der Waals surface area contributed by atoms with E-state index in [0.29, 0.717) is 0 Å². The number of amides is 2. The van der Waals surface area contributed by atoms with Gasteiger partial charge in [0.1, 0.15) is 11.6 Å². The summed E-state index contributed by atoms with van der Waals surface area (Å²) in [6.07, 6.45) is 0. The fourth-order valence-electron chi connectivity index (χ4n) is 3.29. The van der Waals surface area contributed by atoms with Crippen molar-refractivity contribution >= 4 is 17.5 Å². The second kappa shape index (κ2) is 9.58. The molecule has 29 heavy (non-hydrogen) atoms. The Bertz CT molecular complexity index is 852. The summed E-state index contributed by atoms with van der Waals surface area (Å²) in [5.41, 5.74) is 0.799. The first-order chi connectivity index (χ1) is 13.9. The van der Waals surface area contributed by atoms with Crippen LogP contribution in [0.15, 0.2) is 48.5 Å². The van der Waals surface area contributed by atoms with E-state index in [1.807, 2.05) is 7.05 Å². The lowest BCUT2D eigenvalue weighted by molar-refractivity contribution is -0.136. The van der Waals surface area contributed by atoms with Crippen LogP contribution in [0, 0.1) is 11.6 Å². The summed E-state index contributed by atoms with van der Waals surface area (Å²) >= 11 is 0. The molecule has 0 aromatic heterocycles. The Balaban J connectivity index is 1.65. The molecule has 2 aromatic carbocycles. The number of hydrogen-bond donors (Lipinski definition) is 2. The molecule has 154 valence electrons. The quantitative estimate of drug-likeness (QED) is 0.751. The van der Waals surface area contributed by atoms with Crippen molar-refractivity contribution in [3.05, 3.63) is 65.7 Å². The lowest BCUT2D eigenvalue weighted by atomic mass is 10.0. The van der Waals surface area contributed by atoms with E-state index < -0.39 is 17.6 Å². The molecule has 2 amide bonds. The highest BCUT2D eigenvalue weighted by Crippen LogP contribution is 2.22. The van der Waals surface area contributed by atoms with Crippen LogP contribution in [0.5, 0.6) is 0 Å². The van der Waals surface area contributed by atoms with E-state index in [1.54, 1.807) is 18.2 Å². The Kier molecular flexibility index (Phi) is 6.90. The molecule has 1 fully saturated rings. The molecule has 0 bridgehead atoms. The van der Waals surface area contributed by atoms with Gasteiger partial charge >= 0.3 is 11.8 Å². The molecule has 1 aliphatic heterocycles. The minimum absolute atomic E-state index is 0.0539. The number of benzene rings is 2. The van der Waals surface area contributed by atoms with Crippen LogP contribution in [0.4, 0.5) is 14.5 Å². The number of hydrogen-bond acceptors (Lipinski definition) is 4. The van der Waals surface area contributed by atoms with Crippen molar-refractivity contribution in [2.24, 2.45) is 0 Å². The van der Waals surface area contributed by atoms with Crippen molar-refractivity contribution in [2.75, 3.05) is 45.1 Å². The summed E-state index contributed by atoms with van der Waals surface area (Å²) in [6, 6.07) is 11.6. The molecule has 1 saturated heterocycles. The van der Waals surface area contributed by atoms with Gasteiger partial charge < -0.3 is 15.5 Å². The topological polar surface area (TPSA) is 64.7 Å². The molecule has 2 N–H and O–H groups in total. The van der Waals surface area contributed by atoms with Crippen LogP contribution in [-0.2, 0) is 9.59 Å². The molecule has 8 heteroatoms. The highest BCUT2D eigenvalue weighted by molar-refractivity contribution is 6.39. The predicted octanol–water partition coefficient (Wildman–Crippen LogP) is 2.01. The highest BCUT2D eigenvalue weighted by Gasteiger charge is 2.25. The van der Waals surface area contributed by atoms with E-state index in [0.717, 1.165) is 31.7 Å². The Morgan fingerprint density at radius 3 is 2.28 bits per heavy atom. The van der Waals surface area contributed by atoms with E-state index in [4.69, 9.17) is 0 Å². The molecular weight excluding hydrogens is 378 g/mol. The summed E-state index contributed by atoms with van der Waals surface area (Å²) in [7, 11) is 2.04. The summed E-state index contributed by atoms with van der Waals surface area (Å²) in [6.45, 7) is 3.50. The van der Waals surface area contributed by atoms with Crippen LogP contribution in [0.25, 0.3) is 0 Å². The molecule has 1 atom stereocenters. The molecule has 0 spiro atoms. The summed E-state index contributed by atoms with van der Waals surface area (Å²) < 4.78 is 27.0. The van der Waals surface area contributed by atoms with E-state index in [9.17, 15) is 18.4 Å². The Morgan fingerprint density at radius 1 is 0.966 bits per heavy atom. The van der Waals surface area contributed by atoms with Crippen molar-refractivity contribution in [3.8, 4) is 0 Å². The summed E-state index contributed by atoms with van der Waals surface area (Å²) in [4.78, 5) is 28.8. The number of nitrogens with one attached hydrogen (secondary N) is 2. The normalized spacial score (nSPS) is 16.2. The molecule has 3 rings (SSSR count). The number of rotatable bonds is 5. The maximum atomic E-state index is 13.7. The smallest absolute Gasteiger partial charge is 0.313 e. The Hall–Kier alpha value is -2.84. The van der Waals surface area contributed by atoms with E-state index in [1.165, 1.54) is 30.3 Å². The molecule has 1 aliphatic rings. The van der Waals surface area contributed by atoms with Gasteiger partial charge in [0.25, 0.3) is 0 Å². The third-order valence-corrected chi connectivity index (χ3v) is 5.02. The van der Waals surface area contributed by atoms with Gasteiger partial charge in [-0.2, -0.15) is 0 Å². The molecule has 6 nitrogen and oxygen atoms in total. The number of halogens is 2. The Labute approximate surface area is 168 Å². The zero-order valence-corrected chi connectivity index (χ0v) is 16.2. The zero-order valence-electron chi connectivity index (χ0n) is 16.2. The number of para-hydroxylation sites is 1. The zero-order chi connectivity index (χ0) is 20.8. The maximum absolute atomic E-state index is 13.7. The molecule has 0 aliphatic carbocycles. The minimum Gasteiger partial charge on any atom is -0.346 e. The molecule has 0 radical (unpaired) electrons. The van der Waals surface area contributed by atoms with Crippen molar-refractivity contribution < 1.29 is 18.4 Å². The molecule has 2 aromatic rings. The van der Waals surface area contributed by atoms with Gasteiger partial charge in [-0.1, -0.05) is 24.3 Å². The monoisotopic (exact) mass is 402 g/mol. The first-order valence-corrected chi connectivity index (χ1v) is 9.46. The lowest BCUT2D eigenvalue weighted by Crippen LogP contribution is -2.49. The van der Waals surface area contributed by atoms with Gasteiger partial charge in [0.05, 0.1) is 11.7 Å². The van der Waals surface area contributed by atoms with Gasteiger partial charge in [-0.3, -0.25) is 14.5 Å². The second-order valence-corrected chi connectivity index (χ2v) is 7.05. The minimum atomic E-state index is -0.939. The molecule has 0 saturated carbocycles. The van der Waals surface area contributed by atoms with Crippen LogP contribution in [0.3, 0.4) is 0 Å². The number of likely N-dealkylation sites (N-methyl/N-ethyl adjacent to an activating group) is 1. The van der Waals surface area contributed by atoms with E-state index >= 15 is 0 Å². The average molecular weight is 402 g/mol. The number of nitrogens with zero attached hydrogens (tertiary/aromatic N) is 2. The van der Waals surface area contributed by atoms with Gasteiger partial charge in [0.2, 0.25) is 0 Å². The van der Waals surface area contributed by atoms with Crippen LogP contribution >= 0.6 is 0 Å². The van der Waals surface area contributed by atoms with Crippen LogP contribution in [-0.4, -0.2) is 61.4 Å². The SMILES string of the molecule is CN1CCN([C@H](CNC(=O)C(=O)Nc2ccccc2F)c2ccc(F)cc2)CC1. The van der Waals surface area contributed by atoms with Crippen molar-refractivity contribution in [2.45, 2.75) is 6.04 Å². The average Bonchev–Trinajstić information content (AvgIpc) is 2.72. The fraction of sp³-hybridized carbons (Fsp3) is 0.333.